The van der Waals surface area contributed by atoms with Gasteiger partial charge in [0.15, 0.2) is 6.10 Å². The van der Waals surface area contributed by atoms with Gasteiger partial charge >= 0.3 is 0 Å². The van der Waals surface area contributed by atoms with Gasteiger partial charge in [0.25, 0.3) is 5.91 Å². The van der Waals surface area contributed by atoms with Crippen LogP contribution in [0.5, 0.6) is 0 Å². The minimum absolute atomic E-state index is 0.246. The quantitative estimate of drug-likeness (QED) is 0.427. The molecular weight excluding hydrogens is 434 g/mol. The zero-order valence-corrected chi connectivity index (χ0v) is 19.9. The first-order valence-corrected chi connectivity index (χ1v) is 12.8. The fourth-order valence-corrected chi connectivity index (χ4v) is 6.31. The van der Waals surface area contributed by atoms with Crippen molar-refractivity contribution in [2.45, 2.75) is 81.6 Å². The molecule has 3 atom stereocenters. The number of fused-ring (bicyclic) bond motifs is 2. The molecule has 188 valence electrons. The summed E-state index contributed by atoms with van der Waals surface area (Å²) < 4.78 is 0. The summed E-state index contributed by atoms with van der Waals surface area (Å²) in [6.07, 6.45) is 5.93. The van der Waals surface area contributed by atoms with Gasteiger partial charge in [0.2, 0.25) is 5.91 Å². The zero-order valence-electron chi connectivity index (χ0n) is 19.9. The Bertz CT molecular complexity index is 843. The van der Waals surface area contributed by atoms with Crippen LogP contribution in [-0.4, -0.2) is 87.5 Å². The maximum Gasteiger partial charge on any atom is 0.253 e. The molecule has 8 heteroatoms. The highest BCUT2D eigenvalue weighted by molar-refractivity contribution is 5.92. The van der Waals surface area contributed by atoms with Gasteiger partial charge in [-0.15, -0.1) is 0 Å². The van der Waals surface area contributed by atoms with Crippen LogP contribution in [0, 0.1) is 5.92 Å². The summed E-state index contributed by atoms with van der Waals surface area (Å²) >= 11 is 0. The minimum Gasteiger partial charge on any atom is -0.393 e. The van der Waals surface area contributed by atoms with Crippen molar-refractivity contribution in [3.8, 4) is 0 Å². The van der Waals surface area contributed by atoms with Crippen LogP contribution in [-0.2, 0) is 4.79 Å². The molecule has 0 aromatic heterocycles. The van der Waals surface area contributed by atoms with E-state index in [1.165, 1.54) is 5.56 Å². The van der Waals surface area contributed by atoms with Crippen molar-refractivity contribution in [2.75, 3.05) is 26.2 Å². The average molecular weight is 474 g/mol. The number of carbonyl (C=O) groups excluding carboxylic acids is 2. The summed E-state index contributed by atoms with van der Waals surface area (Å²) in [5.41, 5.74) is 7.20. The highest BCUT2D eigenvalue weighted by Crippen LogP contribution is 2.43. The third kappa shape index (κ3) is 5.79. The Morgan fingerprint density at radius 1 is 1.09 bits per heavy atom. The maximum atomic E-state index is 12.8. The van der Waals surface area contributed by atoms with E-state index in [2.05, 4.69) is 11.0 Å². The molecule has 3 aliphatic rings. The van der Waals surface area contributed by atoms with Crippen LogP contribution < -0.4 is 5.73 Å². The molecule has 4 rings (SSSR count). The Hall–Kier alpha value is -2.00. The van der Waals surface area contributed by atoms with E-state index >= 15 is 0 Å². The summed E-state index contributed by atoms with van der Waals surface area (Å²) in [6.45, 7) is 1.28. The Morgan fingerprint density at radius 3 is 2.38 bits per heavy atom. The fourth-order valence-electron chi connectivity index (χ4n) is 6.31. The Kier molecular flexibility index (Phi) is 8.24. The normalized spacial score (nSPS) is 30.1. The van der Waals surface area contributed by atoms with Gasteiger partial charge in [-0.05, 0) is 80.9 Å². The van der Waals surface area contributed by atoms with Crippen LogP contribution in [0.1, 0.15) is 73.2 Å². The molecule has 2 amide bonds. The molecule has 1 aromatic rings. The number of aliphatic hydroxyl groups is 3. The lowest BCUT2D eigenvalue weighted by Gasteiger charge is -2.41. The molecule has 8 nitrogen and oxygen atoms in total. The van der Waals surface area contributed by atoms with Gasteiger partial charge in [0.05, 0.1) is 12.7 Å². The van der Waals surface area contributed by atoms with Crippen molar-refractivity contribution in [2.24, 2.45) is 11.7 Å². The van der Waals surface area contributed by atoms with Crippen LogP contribution in [0.3, 0.4) is 0 Å². The van der Waals surface area contributed by atoms with Gasteiger partial charge in [0.1, 0.15) is 0 Å². The van der Waals surface area contributed by atoms with Gasteiger partial charge in [-0.3, -0.25) is 14.5 Å². The largest absolute Gasteiger partial charge is 0.393 e. The van der Waals surface area contributed by atoms with Crippen LogP contribution in [0.25, 0.3) is 0 Å². The third-order valence-electron chi connectivity index (χ3n) is 8.22. The number of piperidine rings is 1. The number of amides is 2. The van der Waals surface area contributed by atoms with Crippen molar-refractivity contribution in [1.82, 2.24) is 9.80 Å². The number of rotatable bonds is 9. The van der Waals surface area contributed by atoms with Crippen LogP contribution >= 0.6 is 0 Å². The summed E-state index contributed by atoms with van der Waals surface area (Å²) in [5, 5.41) is 29.1. The lowest BCUT2D eigenvalue weighted by atomic mass is 9.84. The molecule has 1 saturated carbocycles. The number of aliphatic hydroxyl groups excluding tert-OH is 3. The van der Waals surface area contributed by atoms with E-state index in [0.717, 1.165) is 57.9 Å². The van der Waals surface area contributed by atoms with E-state index in [1.807, 2.05) is 12.1 Å². The van der Waals surface area contributed by atoms with E-state index in [-0.39, 0.29) is 6.10 Å². The number of hydrogen-bond acceptors (Lipinski definition) is 6. The van der Waals surface area contributed by atoms with Crippen LogP contribution in [0.4, 0.5) is 0 Å². The molecule has 0 radical (unpaired) electrons. The molecule has 2 aliphatic heterocycles. The number of carbonyl (C=O) groups is 2. The van der Waals surface area contributed by atoms with Gasteiger partial charge in [-0.2, -0.15) is 0 Å². The standard InChI is InChI=1S/C26H39N3O5/c27-25(33)19-3-1-2-18(12-19)20-13-21-6-7-22(14-20)29(21)11-10-28(26(34)24(32)16-30)15-17-4-8-23(31)9-5-17/h1-3,12,17,20-24,30-32H,4-11,13-16H2,(H2,27,33)/t17-,20?,21?,22?,23-,24-/m0/s1. The van der Waals surface area contributed by atoms with E-state index in [1.54, 1.807) is 11.0 Å². The topological polar surface area (TPSA) is 127 Å². The molecule has 2 heterocycles. The molecule has 0 spiro atoms. The van der Waals surface area contributed by atoms with Gasteiger partial charge in [0, 0.05) is 37.3 Å². The minimum atomic E-state index is -1.38. The lowest BCUT2D eigenvalue weighted by molar-refractivity contribution is -0.143. The summed E-state index contributed by atoms with van der Waals surface area (Å²) in [5.74, 6) is -0.0856. The third-order valence-corrected chi connectivity index (χ3v) is 8.22. The van der Waals surface area contributed by atoms with E-state index < -0.39 is 24.5 Å². The van der Waals surface area contributed by atoms with E-state index in [4.69, 9.17) is 5.73 Å². The maximum absolute atomic E-state index is 12.8. The Morgan fingerprint density at radius 2 is 1.76 bits per heavy atom. The van der Waals surface area contributed by atoms with Gasteiger partial charge in [-0.25, -0.2) is 0 Å². The van der Waals surface area contributed by atoms with Gasteiger partial charge in [-0.1, -0.05) is 12.1 Å². The van der Waals surface area contributed by atoms with Crippen molar-refractivity contribution in [3.05, 3.63) is 35.4 Å². The highest BCUT2D eigenvalue weighted by atomic mass is 16.3. The second-order valence-corrected chi connectivity index (χ2v) is 10.4. The molecule has 34 heavy (non-hydrogen) atoms. The van der Waals surface area contributed by atoms with Gasteiger partial charge < -0.3 is 26.0 Å². The first kappa shape index (κ1) is 25.1. The predicted molar refractivity (Wildman–Crippen MR) is 128 cm³/mol. The van der Waals surface area contributed by atoms with Crippen molar-refractivity contribution >= 4 is 11.8 Å². The molecular formula is C26H39N3O5. The average Bonchev–Trinajstić information content (AvgIpc) is 3.08. The Labute approximate surface area is 201 Å². The summed E-state index contributed by atoms with van der Waals surface area (Å²) in [4.78, 5) is 28.6. The molecule has 2 saturated heterocycles. The molecule has 2 bridgehead atoms. The molecule has 3 fully saturated rings. The van der Waals surface area contributed by atoms with Crippen LogP contribution in [0.15, 0.2) is 24.3 Å². The molecule has 2 unspecified atom stereocenters. The number of primary amides is 1. The summed E-state index contributed by atoms with van der Waals surface area (Å²) in [6, 6.07) is 8.55. The molecule has 1 aliphatic carbocycles. The number of hydrogen-bond donors (Lipinski definition) is 4. The van der Waals surface area contributed by atoms with Crippen molar-refractivity contribution in [1.29, 1.82) is 0 Å². The zero-order chi connectivity index (χ0) is 24.2. The fraction of sp³-hybridized carbons (Fsp3) is 0.692. The number of benzene rings is 1. The van der Waals surface area contributed by atoms with Crippen molar-refractivity contribution < 1.29 is 24.9 Å². The van der Waals surface area contributed by atoms with E-state index in [0.29, 0.717) is 42.6 Å². The smallest absolute Gasteiger partial charge is 0.253 e. The summed E-state index contributed by atoms with van der Waals surface area (Å²) in [7, 11) is 0. The number of nitrogens with zero attached hydrogens (tertiary/aromatic N) is 2. The first-order chi connectivity index (χ1) is 16.4. The molecule has 5 N–H and O–H groups in total. The van der Waals surface area contributed by atoms with Crippen LogP contribution in [0.2, 0.25) is 0 Å². The SMILES string of the molecule is NC(=O)c1cccc(C2CC3CCC(C2)N3CCN(C[C@H]2CC[C@H](O)CC2)C(=O)[C@@H](O)CO)c1. The first-order valence-electron chi connectivity index (χ1n) is 12.8. The Balaban J connectivity index is 1.38. The predicted octanol–water partition coefficient (Wildman–Crippen LogP) is 1.23. The number of nitrogens with two attached hydrogens (primary N) is 1. The second-order valence-electron chi connectivity index (χ2n) is 10.4. The lowest BCUT2D eigenvalue weighted by Crippen LogP contribution is -2.50. The second kappa shape index (κ2) is 11.2. The highest BCUT2D eigenvalue weighted by Gasteiger charge is 2.41. The monoisotopic (exact) mass is 473 g/mol. The van der Waals surface area contributed by atoms with E-state index in [9.17, 15) is 24.9 Å². The molecule has 1 aromatic carbocycles. The van der Waals surface area contributed by atoms with Crippen molar-refractivity contribution in [3.63, 3.8) is 0 Å².